The summed E-state index contributed by atoms with van der Waals surface area (Å²) in [5.74, 6) is 0. The maximum Gasteiger partial charge on any atom is 0.0455 e. The highest BCUT2D eigenvalue weighted by molar-refractivity contribution is 6.31. The number of halogens is 1. The summed E-state index contributed by atoms with van der Waals surface area (Å²) in [6.07, 6.45) is 4.09. The van der Waals surface area contributed by atoms with Crippen molar-refractivity contribution in [3.63, 3.8) is 0 Å². The topological polar surface area (TPSA) is 12.0 Å². The molecule has 1 aromatic rings. The van der Waals surface area contributed by atoms with Crippen LogP contribution in [0, 0.1) is 6.92 Å². The minimum Gasteiger partial charge on any atom is -0.385 e. The van der Waals surface area contributed by atoms with Crippen LogP contribution < -0.4 is 5.32 Å². The average molecular weight is 210 g/mol. The highest BCUT2D eigenvalue weighted by Crippen LogP contribution is 2.22. The molecule has 1 nitrogen and oxygen atoms in total. The predicted molar refractivity (Wildman–Crippen MR) is 64.1 cm³/mol. The van der Waals surface area contributed by atoms with E-state index in [2.05, 4.69) is 18.0 Å². The van der Waals surface area contributed by atoms with Crippen molar-refractivity contribution >= 4 is 17.3 Å². The van der Waals surface area contributed by atoms with Gasteiger partial charge in [0.2, 0.25) is 0 Å². The van der Waals surface area contributed by atoms with Gasteiger partial charge in [0.1, 0.15) is 0 Å². The SMILES string of the molecule is C=CCCCNc1cccc(Cl)c1C. The lowest BCUT2D eigenvalue weighted by atomic mass is 10.2. The third kappa shape index (κ3) is 3.08. The van der Waals surface area contributed by atoms with Crippen LogP contribution >= 0.6 is 11.6 Å². The zero-order valence-corrected chi connectivity index (χ0v) is 9.27. The number of nitrogens with one attached hydrogen (secondary N) is 1. The highest BCUT2D eigenvalue weighted by Gasteiger charge is 1.99. The maximum absolute atomic E-state index is 6.00. The summed E-state index contributed by atoms with van der Waals surface area (Å²) in [5.41, 5.74) is 2.24. The van der Waals surface area contributed by atoms with Crippen molar-refractivity contribution < 1.29 is 0 Å². The second-order valence-corrected chi connectivity index (χ2v) is 3.68. The van der Waals surface area contributed by atoms with Gasteiger partial charge in [-0.25, -0.2) is 0 Å². The first kappa shape index (κ1) is 11.1. The van der Waals surface area contributed by atoms with Gasteiger partial charge >= 0.3 is 0 Å². The van der Waals surface area contributed by atoms with Gasteiger partial charge in [0.25, 0.3) is 0 Å². The Balaban J connectivity index is 2.50. The van der Waals surface area contributed by atoms with Gasteiger partial charge in [0.15, 0.2) is 0 Å². The second kappa shape index (κ2) is 5.71. The predicted octanol–water partition coefficient (Wildman–Crippen LogP) is 4.03. The monoisotopic (exact) mass is 209 g/mol. The molecule has 0 atom stereocenters. The Kier molecular flexibility index (Phi) is 4.54. The smallest absolute Gasteiger partial charge is 0.0455 e. The molecular weight excluding hydrogens is 194 g/mol. The lowest BCUT2D eigenvalue weighted by Crippen LogP contribution is -2.02. The molecule has 0 fully saturated rings. The fourth-order valence-corrected chi connectivity index (χ4v) is 1.44. The zero-order chi connectivity index (χ0) is 10.4. The Hall–Kier alpha value is -0.950. The number of anilines is 1. The third-order valence-electron chi connectivity index (χ3n) is 2.17. The molecule has 2 heteroatoms. The van der Waals surface area contributed by atoms with Gasteiger partial charge < -0.3 is 5.32 Å². The Bertz CT molecular complexity index is 307. The van der Waals surface area contributed by atoms with E-state index in [1.807, 2.05) is 25.1 Å². The van der Waals surface area contributed by atoms with Crippen LogP contribution in [0.2, 0.25) is 5.02 Å². The minimum atomic E-state index is 0.818. The fraction of sp³-hybridized carbons (Fsp3) is 0.333. The Labute approximate surface area is 90.8 Å². The van der Waals surface area contributed by atoms with Crippen molar-refractivity contribution in [1.29, 1.82) is 0 Å². The molecule has 76 valence electrons. The molecule has 0 aliphatic heterocycles. The van der Waals surface area contributed by atoms with Crippen molar-refractivity contribution in [3.05, 3.63) is 41.4 Å². The molecule has 0 saturated heterocycles. The minimum absolute atomic E-state index is 0.818. The van der Waals surface area contributed by atoms with Gasteiger partial charge in [-0.05, 0) is 37.5 Å². The second-order valence-electron chi connectivity index (χ2n) is 3.27. The van der Waals surface area contributed by atoms with Crippen LogP contribution in [0.15, 0.2) is 30.9 Å². The number of unbranched alkanes of at least 4 members (excludes halogenated alkanes) is 1. The van der Waals surface area contributed by atoms with Crippen LogP contribution in [0.5, 0.6) is 0 Å². The van der Waals surface area contributed by atoms with E-state index in [4.69, 9.17) is 11.6 Å². The first-order chi connectivity index (χ1) is 6.75. The molecule has 0 spiro atoms. The van der Waals surface area contributed by atoms with Gasteiger partial charge in [-0.2, -0.15) is 0 Å². The largest absolute Gasteiger partial charge is 0.385 e. The molecule has 0 aromatic heterocycles. The van der Waals surface area contributed by atoms with Crippen LogP contribution in [0.3, 0.4) is 0 Å². The Morgan fingerprint density at radius 3 is 3.00 bits per heavy atom. The van der Waals surface area contributed by atoms with Gasteiger partial charge in [0, 0.05) is 17.3 Å². The van der Waals surface area contributed by atoms with Gasteiger partial charge in [-0.3, -0.25) is 0 Å². The first-order valence-corrected chi connectivity index (χ1v) is 5.23. The van der Waals surface area contributed by atoms with Crippen LogP contribution in [-0.2, 0) is 0 Å². The van der Waals surface area contributed by atoms with Crippen LogP contribution in [0.25, 0.3) is 0 Å². The summed E-state index contributed by atoms with van der Waals surface area (Å²) in [4.78, 5) is 0. The molecule has 14 heavy (non-hydrogen) atoms. The number of allylic oxidation sites excluding steroid dienone is 1. The number of benzene rings is 1. The van der Waals surface area contributed by atoms with Crippen LogP contribution in [0.1, 0.15) is 18.4 Å². The summed E-state index contributed by atoms with van der Waals surface area (Å²) in [7, 11) is 0. The third-order valence-corrected chi connectivity index (χ3v) is 2.58. The van der Waals surface area contributed by atoms with E-state index in [0.717, 1.165) is 35.7 Å². The summed E-state index contributed by atoms with van der Waals surface area (Å²) in [6.45, 7) is 6.68. The van der Waals surface area contributed by atoms with Gasteiger partial charge in [-0.15, -0.1) is 6.58 Å². The van der Waals surface area contributed by atoms with Gasteiger partial charge in [0.05, 0.1) is 0 Å². The van der Waals surface area contributed by atoms with Crippen molar-refractivity contribution in [1.82, 2.24) is 0 Å². The average Bonchev–Trinajstić information content (AvgIpc) is 2.19. The van der Waals surface area contributed by atoms with Crippen molar-refractivity contribution in [2.45, 2.75) is 19.8 Å². The normalized spacial score (nSPS) is 9.86. The van der Waals surface area contributed by atoms with Crippen LogP contribution in [-0.4, -0.2) is 6.54 Å². The Morgan fingerprint density at radius 1 is 1.50 bits per heavy atom. The van der Waals surface area contributed by atoms with E-state index in [-0.39, 0.29) is 0 Å². The highest BCUT2D eigenvalue weighted by atomic mass is 35.5. The van der Waals surface area contributed by atoms with E-state index in [9.17, 15) is 0 Å². The zero-order valence-electron chi connectivity index (χ0n) is 8.52. The van der Waals surface area contributed by atoms with Crippen molar-refractivity contribution in [2.75, 3.05) is 11.9 Å². The van der Waals surface area contributed by atoms with Crippen molar-refractivity contribution in [3.8, 4) is 0 Å². The molecule has 0 radical (unpaired) electrons. The quantitative estimate of drug-likeness (QED) is 0.571. The first-order valence-electron chi connectivity index (χ1n) is 4.85. The molecule has 1 rings (SSSR count). The summed E-state index contributed by atoms with van der Waals surface area (Å²) in [6, 6.07) is 5.92. The molecule has 1 N–H and O–H groups in total. The van der Waals surface area contributed by atoms with E-state index in [1.165, 1.54) is 0 Å². The molecule has 0 aliphatic rings. The van der Waals surface area contributed by atoms with Crippen LogP contribution in [0.4, 0.5) is 5.69 Å². The van der Waals surface area contributed by atoms with E-state index in [0.29, 0.717) is 0 Å². The molecule has 0 bridgehead atoms. The molecule has 0 unspecified atom stereocenters. The molecule has 0 aliphatic carbocycles. The summed E-state index contributed by atoms with van der Waals surface area (Å²) < 4.78 is 0. The van der Waals surface area contributed by atoms with E-state index >= 15 is 0 Å². The molecule has 0 amide bonds. The molecule has 0 saturated carbocycles. The Morgan fingerprint density at radius 2 is 2.29 bits per heavy atom. The summed E-state index contributed by atoms with van der Waals surface area (Å²) >= 11 is 6.00. The van der Waals surface area contributed by atoms with Crippen molar-refractivity contribution in [2.24, 2.45) is 0 Å². The lowest BCUT2D eigenvalue weighted by molar-refractivity contribution is 0.890. The maximum atomic E-state index is 6.00. The number of rotatable bonds is 5. The molecular formula is C12H16ClN. The standard InChI is InChI=1S/C12H16ClN/c1-3-4-5-9-14-12-8-6-7-11(13)10(12)2/h3,6-8,14H,1,4-5,9H2,2H3. The fourth-order valence-electron chi connectivity index (χ4n) is 1.27. The molecule has 1 aromatic carbocycles. The van der Waals surface area contributed by atoms with E-state index < -0.39 is 0 Å². The molecule has 0 heterocycles. The number of hydrogen-bond acceptors (Lipinski definition) is 1. The lowest BCUT2D eigenvalue weighted by Gasteiger charge is -2.09. The number of hydrogen-bond donors (Lipinski definition) is 1. The van der Waals surface area contributed by atoms with Gasteiger partial charge in [-0.1, -0.05) is 23.7 Å². The summed E-state index contributed by atoms with van der Waals surface area (Å²) in [5, 5.41) is 4.17. The van der Waals surface area contributed by atoms with E-state index in [1.54, 1.807) is 0 Å².